The van der Waals surface area contributed by atoms with Crippen LogP contribution in [0.1, 0.15) is 25.7 Å². The number of H-pyrrole nitrogens is 1. The lowest BCUT2D eigenvalue weighted by atomic mass is 10.1. The summed E-state index contributed by atoms with van der Waals surface area (Å²) < 4.78 is 0. The van der Waals surface area contributed by atoms with E-state index >= 15 is 0 Å². The van der Waals surface area contributed by atoms with Gasteiger partial charge >= 0.3 is 0 Å². The second-order valence-corrected chi connectivity index (χ2v) is 5.70. The Balaban J connectivity index is 1.82. The van der Waals surface area contributed by atoms with Crippen LogP contribution >= 0.6 is 11.8 Å². The molecule has 1 saturated carbocycles. The minimum Gasteiger partial charge on any atom is -0.357 e. The van der Waals surface area contributed by atoms with Gasteiger partial charge in [-0.05, 0) is 18.8 Å². The number of rotatable bonds is 4. The quantitative estimate of drug-likeness (QED) is 0.656. The Bertz CT molecular complexity index is 532. The Morgan fingerprint density at radius 3 is 3.00 bits per heavy atom. The van der Waals surface area contributed by atoms with Gasteiger partial charge in [0.2, 0.25) is 5.95 Å². The maximum Gasteiger partial charge on any atom is 0.225 e. The number of aromatic nitrogens is 4. The van der Waals surface area contributed by atoms with Gasteiger partial charge in [0, 0.05) is 12.8 Å². The Morgan fingerprint density at radius 1 is 1.39 bits per heavy atom. The van der Waals surface area contributed by atoms with Crippen molar-refractivity contribution in [3.63, 3.8) is 0 Å². The fourth-order valence-electron chi connectivity index (χ4n) is 2.40. The lowest BCUT2D eigenvalue weighted by Gasteiger charge is -2.09. The fourth-order valence-corrected chi connectivity index (χ4v) is 3.59. The summed E-state index contributed by atoms with van der Waals surface area (Å²) in [5.74, 6) is 2.66. The van der Waals surface area contributed by atoms with Gasteiger partial charge in [-0.1, -0.05) is 12.8 Å². The first-order valence-corrected chi connectivity index (χ1v) is 7.37. The molecule has 0 spiro atoms. The van der Waals surface area contributed by atoms with E-state index in [0.717, 1.165) is 27.7 Å². The maximum absolute atomic E-state index is 4.53. The van der Waals surface area contributed by atoms with Crippen molar-refractivity contribution in [2.75, 3.05) is 18.1 Å². The molecule has 2 aromatic heterocycles. The third-order valence-corrected chi connectivity index (χ3v) is 4.65. The van der Waals surface area contributed by atoms with Gasteiger partial charge in [0.1, 0.15) is 5.03 Å². The van der Waals surface area contributed by atoms with Crippen molar-refractivity contribution >= 4 is 28.7 Å². The summed E-state index contributed by atoms with van der Waals surface area (Å²) >= 11 is 1.83. The van der Waals surface area contributed by atoms with Gasteiger partial charge in [-0.25, -0.2) is 4.98 Å². The highest BCUT2D eigenvalue weighted by atomic mass is 32.2. The van der Waals surface area contributed by atoms with Crippen LogP contribution in [0.3, 0.4) is 0 Å². The first-order valence-electron chi connectivity index (χ1n) is 6.38. The molecule has 2 aromatic rings. The van der Waals surface area contributed by atoms with Crippen LogP contribution < -0.4 is 5.32 Å². The molecule has 0 saturated heterocycles. The van der Waals surface area contributed by atoms with Crippen LogP contribution in [0.2, 0.25) is 0 Å². The summed E-state index contributed by atoms with van der Waals surface area (Å²) in [5.41, 5.74) is 0.809. The van der Waals surface area contributed by atoms with Crippen LogP contribution in [0.15, 0.2) is 11.2 Å². The van der Waals surface area contributed by atoms with Crippen LogP contribution in [0.5, 0.6) is 0 Å². The molecule has 0 aromatic carbocycles. The molecule has 1 aliphatic carbocycles. The summed E-state index contributed by atoms with van der Waals surface area (Å²) in [7, 11) is 1.84. The molecule has 2 N–H and O–H groups in total. The second-order valence-electron chi connectivity index (χ2n) is 4.70. The summed E-state index contributed by atoms with van der Waals surface area (Å²) in [6.45, 7) is 0. The molecule has 5 nitrogen and oxygen atoms in total. The average Bonchev–Trinajstić information content (AvgIpc) is 3.06. The van der Waals surface area contributed by atoms with E-state index in [-0.39, 0.29) is 0 Å². The van der Waals surface area contributed by atoms with Crippen molar-refractivity contribution in [2.24, 2.45) is 5.92 Å². The number of hydrogen-bond acceptors (Lipinski definition) is 5. The number of aromatic amines is 1. The van der Waals surface area contributed by atoms with Gasteiger partial charge in [0.25, 0.3) is 0 Å². The number of thioether (sulfide) groups is 1. The van der Waals surface area contributed by atoms with E-state index in [1.807, 2.05) is 25.0 Å². The molecule has 0 amide bonds. The normalized spacial score (nSPS) is 16.5. The van der Waals surface area contributed by atoms with E-state index in [1.165, 1.54) is 25.7 Å². The molecular weight excluding hydrogens is 246 g/mol. The molecule has 2 heterocycles. The Labute approximate surface area is 110 Å². The first kappa shape index (κ1) is 11.8. The van der Waals surface area contributed by atoms with E-state index < -0.39 is 0 Å². The highest BCUT2D eigenvalue weighted by Crippen LogP contribution is 2.32. The Kier molecular flexibility index (Phi) is 3.36. The minimum absolute atomic E-state index is 0.653. The maximum atomic E-state index is 4.53. The lowest BCUT2D eigenvalue weighted by Crippen LogP contribution is -2.00. The molecule has 96 valence electrons. The first-order chi connectivity index (χ1) is 8.86. The summed E-state index contributed by atoms with van der Waals surface area (Å²) in [6.07, 6.45) is 7.32. The zero-order valence-corrected chi connectivity index (χ0v) is 11.3. The number of fused-ring (bicyclic) bond motifs is 1. The van der Waals surface area contributed by atoms with E-state index in [4.69, 9.17) is 0 Å². The van der Waals surface area contributed by atoms with Gasteiger partial charge in [0.15, 0.2) is 5.65 Å². The van der Waals surface area contributed by atoms with Gasteiger partial charge in [-0.15, -0.1) is 11.8 Å². The van der Waals surface area contributed by atoms with Crippen molar-refractivity contribution < 1.29 is 0 Å². The molecule has 0 atom stereocenters. The molecule has 3 rings (SSSR count). The summed E-state index contributed by atoms with van der Waals surface area (Å²) in [4.78, 5) is 8.87. The van der Waals surface area contributed by atoms with E-state index in [0.29, 0.717) is 5.95 Å². The van der Waals surface area contributed by atoms with E-state index in [1.54, 1.807) is 0 Å². The fraction of sp³-hybridized carbons (Fsp3) is 0.583. The van der Waals surface area contributed by atoms with Crippen molar-refractivity contribution in [3.8, 4) is 0 Å². The van der Waals surface area contributed by atoms with Gasteiger partial charge in [-0.2, -0.15) is 10.1 Å². The van der Waals surface area contributed by atoms with E-state index in [2.05, 4.69) is 25.5 Å². The monoisotopic (exact) mass is 263 g/mol. The van der Waals surface area contributed by atoms with Gasteiger partial charge in [0.05, 0.1) is 11.6 Å². The second kappa shape index (κ2) is 5.14. The number of nitrogens with zero attached hydrogens (tertiary/aromatic N) is 3. The van der Waals surface area contributed by atoms with Crippen molar-refractivity contribution in [1.29, 1.82) is 0 Å². The topological polar surface area (TPSA) is 66.5 Å². The third kappa shape index (κ3) is 2.29. The zero-order chi connectivity index (χ0) is 12.4. The van der Waals surface area contributed by atoms with Crippen LogP contribution in [0, 0.1) is 5.92 Å². The molecular formula is C12H17N5S. The largest absolute Gasteiger partial charge is 0.357 e. The molecule has 18 heavy (non-hydrogen) atoms. The number of anilines is 1. The number of nitrogens with one attached hydrogen (secondary N) is 2. The highest BCUT2D eigenvalue weighted by molar-refractivity contribution is 7.99. The molecule has 0 bridgehead atoms. The van der Waals surface area contributed by atoms with Crippen molar-refractivity contribution in [3.05, 3.63) is 6.20 Å². The smallest absolute Gasteiger partial charge is 0.225 e. The summed E-state index contributed by atoms with van der Waals surface area (Å²) in [6, 6.07) is 0. The van der Waals surface area contributed by atoms with Gasteiger partial charge in [-0.3, -0.25) is 5.10 Å². The predicted octanol–water partition coefficient (Wildman–Crippen LogP) is 2.68. The summed E-state index contributed by atoms with van der Waals surface area (Å²) in [5, 5.41) is 12.0. The van der Waals surface area contributed by atoms with Crippen LogP contribution in [0.25, 0.3) is 11.0 Å². The Hall–Kier alpha value is -1.30. The minimum atomic E-state index is 0.653. The van der Waals surface area contributed by atoms with Crippen LogP contribution in [-0.4, -0.2) is 33.0 Å². The van der Waals surface area contributed by atoms with Crippen LogP contribution in [-0.2, 0) is 0 Å². The third-order valence-electron chi connectivity index (χ3n) is 3.43. The van der Waals surface area contributed by atoms with Gasteiger partial charge < -0.3 is 5.32 Å². The van der Waals surface area contributed by atoms with Crippen LogP contribution in [0.4, 0.5) is 5.95 Å². The van der Waals surface area contributed by atoms with Crippen molar-refractivity contribution in [2.45, 2.75) is 30.7 Å². The van der Waals surface area contributed by atoms with Crippen molar-refractivity contribution in [1.82, 2.24) is 20.2 Å². The Morgan fingerprint density at radius 2 is 2.22 bits per heavy atom. The lowest BCUT2D eigenvalue weighted by molar-refractivity contribution is 0.623. The SMILES string of the molecule is CNc1nc(SCC2CCCC2)c2cn[nH]c2n1. The molecule has 0 radical (unpaired) electrons. The molecule has 0 unspecified atom stereocenters. The molecule has 1 fully saturated rings. The molecule has 6 heteroatoms. The van der Waals surface area contributed by atoms with E-state index in [9.17, 15) is 0 Å². The zero-order valence-electron chi connectivity index (χ0n) is 10.4. The average molecular weight is 263 g/mol. The molecule has 0 aliphatic heterocycles. The predicted molar refractivity (Wildman–Crippen MR) is 73.9 cm³/mol. The standard InChI is InChI=1S/C12H17N5S/c1-13-12-15-10-9(6-14-17-10)11(16-12)18-7-8-4-2-3-5-8/h6,8H,2-5,7H2,1H3,(H2,13,14,15,16,17). The highest BCUT2D eigenvalue weighted by Gasteiger charge is 2.17. The number of hydrogen-bond donors (Lipinski definition) is 2. The molecule has 1 aliphatic rings.